The first-order chi connectivity index (χ1) is 15.0. The van der Waals surface area contributed by atoms with Crippen LogP contribution in [-0.4, -0.2) is 33.0 Å². The Morgan fingerprint density at radius 3 is 2.68 bits per heavy atom. The summed E-state index contributed by atoms with van der Waals surface area (Å²) in [6.07, 6.45) is 7.48. The van der Waals surface area contributed by atoms with Crippen LogP contribution in [0, 0.1) is 13.8 Å². The van der Waals surface area contributed by atoms with Crippen molar-refractivity contribution in [3.63, 3.8) is 0 Å². The van der Waals surface area contributed by atoms with Gasteiger partial charge >= 0.3 is 0 Å². The number of nitrogens with one attached hydrogen (secondary N) is 2. The fourth-order valence-electron chi connectivity index (χ4n) is 4.11. The molecule has 2 heterocycles. The third-order valence-electron chi connectivity index (χ3n) is 6.17. The molecule has 0 aliphatic heterocycles. The Bertz CT molecular complexity index is 1260. The lowest BCUT2D eigenvalue weighted by atomic mass is 9.93. The molecule has 0 atom stereocenters. The van der Waals surface area contributed by atoms with Crippen molar-refractivity contribution < 1.29 is 9.53 Å². The van der Waals surface area contributed by atoms with Gasteiger partial charge in [-0.3, -0.25) is 14.6 Å². The molecule has 0 bridgehead atoms. The molecule has 0 unspecified atom stereocenters. The van der Waals surface area contributed by atoms with Crippen LogP contribution in [-0.2, 0) is 0 Å². The number of methoxy groups -OCH3 is 1. The van der Waals surface area contributed by atoms with Crippen molar-refractivity contribution in [1.29, 1.82) is 0 Å². The number of fused-ring (bicyclic) bond motifs is 1. The van der Waals surface area contributed by atoms with Gasteiger partial charge in [0.1, 0.15) is 11.4 Å². The van der Waals surface area contributed by atoms with Gasteiger partial charge in [0, 0.05) is 28.9 Å². The Morgan fingerprint density at radius 1 is 1.23 bits per heavy atom. The highest BCUT2D eigenvalue weighted by atomic mass is 16.5. The van der Waals surface area contributed by atoms with E-state index in [2.05, 4.69) is 20.6 Å². The molecular formula is C24H25N5O2. The number of hydrogen-bond donors (Lipinski definition) is 2. The average molecular weight is 415 g/mol. The van der Waals surface area contributed by atoms with Crippen LogP contribution in [0.1, 0.15) is 46.8 Å². The van der Waals surface area contributed by atoms with Gasteiger partial charge in [-0.1, -0.05) is 18.2 Å². The molecule has 2 aromatic heterocycles. The lowest BCUT2D eigenvalue weighted by Gasteiger charge is -2.25. The van der Waals surface area contributed by atoms with E-state index in [0.29, 0.717) is 17.4 Å². The van der Waals surface area contributed by atoms with Crippen molar-refractivity contribution in [3.05, 3.63) is 59.4 Å². The van der Waals surface area contributed by atoms with Gasteiger partial charge < -0.3 is 10.1 Å². The fraction of sp³-hybridized carbons (Fsp3) is 0.292. The molecule has 1 saturated carbocycles. The van der Waals surface area contributed by atoms with Gasteiger partial charge in [-0.2, -0.15) is 10.2 Å². The van der Waals surface area contributed by atoms with Crippen LogP contribution >= 0.6 is 0 Å². The number of aromatic amines is 1. The summed E-state index contributed by atoms with van der Waals surface area (Å²) < 4.78 is 7.55. The predicted octanol–water partition coefficient (Wildman–Crippen LogP) is 5.03. The number of para-hydroxylation sites is 1. The molecule has 5 rings (SSSR count). The second-order valence-electron chi connectivity index (χ2n) is 8.18. The zero-order chi connectivity index (χ0) is 21.5. The minimum absolute atomic E-state index is 0.214. The summed E-state index contributed by atoms with van der Waals surface area (Å²) in [4.78, 5) is 13.2. The summed E-state index contributed by atoms with van der Waals surface area (Å²) >= 11 is 0. The molecular weight excluding hydrogens is 390 g/mol. The number of carbonyl (C=O) groups excluding carboxylic acids is 1. The Hall–Kier alpha value is -3.61. The van der Waals surface area contributed by atoms with E-state index in [4.69, 9.17) is 4.74 Å². The van der Waals surface area contributed by atoms with Crippen LogP contribution in [0.2, 0.25) is 0 Å². The maximum atomic E-state index is 13.2. The molecule has 1 aliphatic rings. The highest BCUT2D eigenvalue weighted by Crippen LogP contribution is 2.35. The second-order valence-corrected chi connectivity index (χ2v) is 8.18. The van der Waals surface area contributed by atoms with E-state index in [1.165, 1.54) is 19.3 Å². The zero-order valence-corrected chi connectivity index (χ0v) is 17.9. The van der Waals surface area contributed by atoms with Crippen LogP contribution < -0.4 is 10.1 Å². The van der Waals surface area contributed by atoms with Crippen molar-refractivity contribution in [2.45, 2.75) is 39.2 Å². The fourth-order valence-corrected chi connectivity index (χ4v) is 4.11. The maximum Gasteiger partial charge on any atom is 0.259 e. The van der Waals surface area contributed by atoms with Gasteiger partial charge in [-0.25, -0.2) is 0 Å². The van der Waals surface area contributed by atoms with Crippen molar-refractivity contribution in [3.8, 4) is 17.0 Å². The van der Waals surface area contributed by atoms with Crippen molar-refractivity contribution >= 4 is 22.5 Å². The molecule has 0 saturated heterocycles. The number of nitrogens with zero attached hydrogens (tertiary/aromatic N) is 3. The van der Waals surface area contributed by atoms with Crippen molar-refractivity contribution in [2.24, 2.45) is 0 Å². The predicted molar refractivity (Wildman–Crippen MR) is 121 cm³/mol. The van der Waals surface area contributed by atoms with E-state index >= 15 is 0 Å². The first-order valence-electron chi connectivity index (χ1n) is 10.5. The van der Waals surface area contributed by atoms with Crippen LogP contribution in [0.4, 0.5) is 5.69 Å². The second kappa shape index (κ2) is 7.58. The molecule has 1 aliphatic carbocycles. The maximum absolute atomic E-state index is 13.2. The van der Waals surface area contributed by atoms with Gasteiger partial charge in [0.05, 0.1) is 30.4 Å². The minimum atomic E-state index is -0.214. The molecule has 31 heavy (non-hydrogen) atoms. The smallest absolute Gasteiger partial charge is 0.259 e. The molecule has 7 nitrogen and oxygen atoms in total. The average Bonchev–Trinajstić information content (AvgIpc) is 3.35. The van der Waals surface area contributed by atoms with Gasteiger partial charge in [-0.15, -0.1) is 0 Å². The molecule has 4 aromatic rings. The highest BCUT2D eigenvalue weighted by molar-refractivity contribution is 6.10. The van der Waals surface area contributed by atoms with Crippen LogP contribution in [0.15, 0.2) is 42.7 Å². The third-order valence-corrected chi connectivity index (χ3v) is 6.17. The van der Waals surface area contributed by atoms with Crippen LogP contribution in [0.25, 0.3) is 22.2 Å². The number of aryl methyl sites for hydroxylation is 2. The summed E-state index contributed by atoms with van der Waals surface area (Å²) in [7, 11) is 1.57. The van der Waals surface area contributed by atoms with E-state index in [-0.39, 0.29) is 5.91 Å². The van der Waals surface area contributed by atoms with Gasteiger partial charge in [-0.05, 0) is 50.3 Å². The molecule has 1 amide bonds. The van der Waals surface area contributed by atoms with E-state index < -0.39 is 0 Å². The topological polar surface area (TPSA) is 84.8 Å². The SMILES string of the molecule is COc1cc2[nH]nc(-c3cnn(C4CCC4)c3)c2cc1C(=O)Nc1c(C)cccc1C. The quantitative estimate of drug-likeness (QED) is 0.479. The molecule has 158 valence electrons. The van der Waals surface area contributed by atoms with E-state index in [0.717, 1.165) is 39.0 Å². The van der Waals surface area contributed by atoms with Gasteiger partial charge in [0.25, 0.3) is 5.91 Å². The Morgan fingerprint density at radius 2 is 2.00 bits per heavy atom. The van der Waals surface area contributed by atoms with Crippen molar-refractivity contribution in [1.82, 2.24) is 20.0 Å². The van der Waals surface area contributed by atoms with Crippen molar-refractivity contribution in [2.75, 3.05) is 12.4 Å². The Kier molecular flexibility index (Phi) is 4.73. The summed E-state index contributed by atoms with van der Waals surface area (Å²) in [6, 6.07) is 10.1. The summed E-state index contributed by atoms with van der Waals surface area (Å²) in [5.41, 5.74) is 5.85. The van der Waals surface area contributed by atoms with E-state index in [9.17, 15) is 4.79 Å². The number of rotatable bonds is 5. The lowest BCUT2D eigenvalue weighted by molar-refractivity contribution is 0.102. The minimum Gasteiger partial charge on any atom is -0.496 e. The number of H-pyrrole nitrogens is 1. The molecule has 0 radical (unpaired) electrons. The molecule has 1 fully saturated rings. The molecule has 7 heteroatoms. The van der Waals surface area contributed by atoms with Crippen LogP contribution in [0.3, 0.4) is 0 Å². The van der Waals surface area contributed by atoms with Crippen LogP contribution in [0.5, 0.6) is 5.75 Å². The first-order valence-corrected chi connectivity index (χ1v) is 10.5. The normalized spacial score (nSPS) is 13.9. The standard InChI is InChI=1S/C24H25N5O2/c1-14-6-4-7-15(2)22(14)26-24(30)19-10-18-20(11-21(19)31-3)27-28-23(18)16-12-25-29(13-16)17-8-5-9-17/h4,6-7,10-13,17H,5,8-9H2,1-3H3,(H,26,30)(H,27,28). The zero-order valence-electron chi connectivity index (χ0n) is 17.9. The lowest BCUT2D eigenvalue weighted by Crippen LogP contribution is -2.16. The number of hydrogen-bond acceptors (Lipinski definition) is 4. The van der Waals surface area contributed by atoms with Gasteiger partial charge in [0.15, 0.2) is 0 Å². The highest BCUT2D eigenvalue weighted by Gasteiger charge is 2.22. The third kappa shape index (κ3) is 3.36. The first kappa shape index (κ1) is 19.4. The largest absolute Gasteiger partial charge is 0.496 e. The number of amides is 1. The monoisotopic (exact) mass is 415 g/mol. The Balaban J connectivity index is 1.54. The summed E-state index contributed by atoms with van der Waals surface area (Å²) in [5.74, 6) is 0.282. The number of carbonyl (C=O) groups is 1. The molecule has 0 spiro atoms. The molecule has 2 N–H and O–H groups in total. The van der Waals surface area contributed by atoms with Gasteiger partial charge in [0.2, 0.25) is 0 Å². The number of benzene rings is 2. The number of anilines is 1. The summed E-state index contributed by atoms with van der Waals surface area (Å²) in [5, 5.41) is 16.0. The Labute approximate surface area is 180 Å². The summed E-state index contributed by atoms with van der Waals surface area (Å²) in [6.45, 7) is 3.97. The molecule has 2 aromatic carbocycles. The number of ether oxygens (including phenoxy) is 1. The number of aromatic nitrogens is 4. The van der Waals surface area contributed by atoms with E-state index in [1.807, 2.05) is 61.3 Å². The van der Waals surface area contributed by atoms with E-state index in [1.54, 1.807) is 7.11 Å².